The number of benzene rings is 2. The van der Waals surface area contributed by atoms with Crippen LogP contribution in [0.3, 0.4) is 0 Å². The Morgan fingerprint density at radius 2 is 1.54 bits per heavy atom. The SMILES string of the molecule is COc1ccccc1NC(=O)C1(c2ccc(OC)c(OC)c2)CCCC1. The summed E-state index contributed by atoms with van der Waals surface area (Å²) in [4.78, 5) is 13.3. The van der Waals surface area contributed by atoms with Crippen molar-refractivity contribution < 1.29 is 19.0 Å². The number of para-hydroxylation sites is 2. The van der Waals surface area contributed by atoms with E-state index in [9.17, 15) is 4.79 Å². The number of anilines is 1. The van der Waals surface area contributed by atoms with Gasteiger partial charge >= 0.3 is 0 Å². The molecule has 1 N–H and O–H groups in total. The molecule has 1 amide bonds. The first-order valence-electron chi connectivity index (χ1n) is 8.81. The number of methoxy groups -OCH3 is 3. The lowest BCUT2D eigenvalue weighted by Gasteiger charge is -2.29. The summed E-state index contributed by atoms with van der Waals surface area (Å²) in [5, 5.41) is 3.07. The molecule has 5 nitrogen and oxygen atoms in total. The molecular formula is C21H25NO4. The molecule has 0 radical (unpaired) electrons. The fourth-order valence-corrected chi connectivity index (χ4v) is 3.75. The summed E-state index contributed by atoms with van der Waals surface area (Å²) in [7, 11) is 4.82. The van der Waals surface area contributed by atoms with E-state index >= 15 is 0 Å². The number of rotatable bonds is 6. The van der Waals surface area contributed by atoms with E-state index < -0.39 is 5.41 Å². The molecule has 5 heteroatoms. The molecular weight excluding hydrogens is 330 g/mol. The molecule has 0 saturated heterocycles. The van der Waals surface area contributed by atoms with E-state index in [1.165, 1.54) is 0 Å². The van der Waals surface area contributed by atoms with Gasteiger partial charge < -0.3 is 19.5 Å². The van der Waals surface area contributed by atoms with Crippen molar-refractivity contribution in [2.45, 2.75) is 31.1 Å². The molecule has 0 spiro atoms. The number of ether oxygens (including phenoxy) is 3. The second kappa shape index (κ2) is 7.68. The smallest absolute Gasteiger partial charge is 0.235 e. The molecule has 0 bridgehead atoms. The van der Waals surface area contributed by atoms with Gasteiger partial charge in [0.05, 0.1) is 32.4 Å². The van der Waals surface area contributed by atoms with Crippen molar-refractivity contribution in [3.63, 3.8) is 0 Å². The van der Waals surface area contributed by atoms with Crippen LogP contribution in [0.1, 0.15) is 31.2 Å². The summed E-state index contributed by atoms with van der Waals surface area (Å²) in [5.74, 6) is 1.95. The van der Waals surface area contributed by atoms with Crippen LogP contribution in [0.4, 0.5) is 5.69 Å². The summed E-state index contributed by atoms with van der Waals surface area (Å²) in [6, 6.07) is 13.2. The molecule has 0 unspecified atom stereocenters. The zero-order valence-electron chi connectivity index (χ0n) is 15.5. The van der Waals surface area contributed by atoms with Crippen molar-refractivity contribution in [1.82, 2.24) is 0 Å². The number of carbonyl (C=O) groups excluding carboxylic acids is 1. The normalized spacial score (nSPS) is 15.3. The highest BCUT2D eigenvalue weighted by molar-refractivity contribution is 6.00. The van der Waals surface area contributed by atoms with Gasteiger partial charge in [-0.2, -0.15) is 0 Å². The van der Waals surface area contributed by atoms with Gasteiger partial charge in [0, 0.05) is 0 Å². The molecule has 2 aromatic rings. The maximum atomic E-state index is 13.3. The van der Waals surface area contributed by atoms with Crippen molar-refractivity contribution in [3.8, 4) is 17.2 Å². The Kier molecular flexibility index (Phi) is 5.35. The monoisotopic (exact) mass is 355 g/mol. The average molecular weight is 355 g/mol. The lowest BCUT2D eigenvalue weighted by Crippen LogP contribution is -2.38. The molecule has 1 aliphatic rings. The molecule has 3 rings (SSSR count). The Labute approximate surface area is 154 Å². The zero-order chi connectivity index (χ0) is 18.6. The minimum absolute atomic E-state index is 0.00767. The fraction of sp³-hybridized carbons (Fsp3) is 0.381. The van der Waals surface area contributed by atoms with Gasteiger partial charge in [0.15, 0.2) is 11.5 Å². The molecule has 1 fully saturated rings. The topological polar surface area (TPSA) is 56.8 Å². The van der Waals surface area contributed by atoms with Crippen LogP contribution in [-0.2, 0) is 10.2 Å². The Morgan fingerprint density at radius 1 is 0.885 bits per heavy atom. The minimum atomic E-state index is -0.569. The number of carbonyl (C=O) groups is 1. The predicted molar refractivity (Wildman–Crippen MR) is 101 cm³/mol. The third-order valence-corrected chi connectivity index (χ3v) is 5.18. The van der Waals surface area contributed by atoms with E-state index in [0.29, 0.717) is 22.9 Å². The number of hydrogen-bond donors (Lipinski definition) is 1. The Morgan fingerprint density at radius 3 is 2.19 bits per heavy atom. The maximum Gasteiger partial charge on any atom is 0.235 e. The van der Waals surface area contributed by atoms with Crippen LogP contribution in [0.25, 0.3) is 0 Å². The van der Waals surface area contributed by atoms with Gasteiger partial charge in [0.25, 0.3) is 0 Å². The lowest BCUT2D eigenvalue weighted by molar-refractivity contribution is -0.121. The van der Waals surface area contributed by atoms with Crippen molar-refractivity contribution in [2.24, 2.45) is 0 Å². The standard InChI is InChI=1S/C21H25NO4/c1-24-17-9-5-4-8-16(17)22-20(23)21(12-6-7-13-21)15-10-11-18(25-2)19(14-15)26-3/h4-5,8-11,14H,6-7,12-13H2,1-3H3,(H,22,23). The molecule has 26 heavy (non-hydrogen) atoms. The molecule has 138 valence electrons. The molecule has 2 aromatic carbocycles. The first kappa shape index (κ1) is 18.1. The highest BCUT2D eigenvalue weighted by atomic mass is 16.5. The second-order valence-corrected chi connectivity index (χ2v) is 6.51. The van der Waals surface area contributed by atoms with Crippen LogP contribution < -0.4 is 19.5 Å². The average Bonchev–Trinajstić information content (AvgIpc) is 3.19. The third-order valence-electron chi connectivity index (χ3n) is 5.18. The van der Waals surface area contributed by atoms with Crippen LogP contribution in [0.5, 0.6) is 17.2 Å². The van der Waals surface area contributed by atoms with E-state index in [1.807, 2.05) is 42.5 Å². The van der Waals surface area contributed by atoms with Gasteiger partial charge in [0.2, 0.25) is 5.91 Å². The molecule has 0 aromatic heterocycles. The van der Waals surface area contributed by atoms with Crippen molar-refractivity contribution >= 4 is 11.6 Å². The van der Waals surface area contributed by atoms with Gasteiger partial charge in [-0.1, -0.05) is 31.0 Å². The highest BCUT2D eigenvalue weighted by Gasteiger charge is 2.43. The molecule has 1 aliphatic carbocycles. The predicted octanol–water partition coefficient (Wildman–Crippen LogP) is 4.16. The second-order valence-electron chi connectivity index (χ2n) is 6.51. The number of amides is 1. The fourth-order valence-electron chi connectivity index (χ4n) is 3.75. The van der Waals surface area contributed by atoms with E-state index in [1.54, 1.807) is 21.3 Å². The van der Waals surface area contributed by atoms with E-state index in [4.69, 9.17) is 14.2 Å². The molecule has 0 heterocycles. The summed E-state index contributed by atoms with van der Waals surface area (Å²) < 4.78 is 16.1. The van der Waals surface area contributed by atoms with E-state index in [-0.39, 0.29) is 5.91 Å². The summed E-state index contributed by atoms with van der Waals surface area (Å²) in [6.45, 7) is 0. The van der Waals surface area contributed by atoms with Gasteiger partial charge in [-0.3, -0.25) is 4.79 Å². The third kappa shape index (κ3) is 3.21. The van der Waals surface area contributed by atoms with Crippen molar-refractivity contribution in [3.05, 3.63) is 48.0 Å². The maximum absolute atomic E-state index is 13.3. The molecule has 0 atom stereocenters. The van der Waals surface area contributed by atoms with E-state index in [0.717, 1.165) is 31.2 Å². The minimum Gasteiger partial charge on any atom is -0.495 e. The Bertz CT molecular complexity index is 781. The zero-order valence-corrected chi connectivity index (χ0v) is 15.5. The number of hydrogen-bond acceptors (Lipinski definition) is 4. The van der Waals surface area contributed by atoms with Crippen LogP contribution in [-0.4, -0.2) is 27.2 Å². The molecule has 1 saturated carbocycles. The largest absolute Gasteiger partial charge is 0.495 e. The lowest BCUT2D eigenvalue weighted by atomic mass is 9.77. The van der Waals surface area contributed by atoms with Crippen LogP contribution >= 0.6 is 0 Å². The van der Waals surface area contributed by atoms with E-state index in [2.05, 4.69) is 5.32 Å². The van der Waals surface area contributed by atoms with Gasteiger partial charge in [-0.15, -0.1) is 0 Å². The first-order chi connectivity index (χ1) is 12.6. The van der Waals surface area contributed by atoms with Crippen LogP contribution in [0, 0.1) is 0 Å². The highest BCUT2D eigenvalue weighted by Crippen LogP contribution is 2.44. The van der Waals surface area contributed by atoms with Gasteiger partial charge in [-0.25, -0.2) is 0 Å². The van der Waals surface area contributed by atoms with Crippen molar-refractivity contribution in [2.75, 3.05) is 26.6 Å². The van der Waals surface area contributed by atoms with Crippen LogP contribution in [0.2, 0.25) is 0 Å². The summed E-state index contributed by atoms with van der Waals surface area (Å²) >= 11 is 0. The summed E-state index contributed by atoms with van der Waals surface area (Å²) in [6.07, 6.45) is 3.66. The van der Waals surface area contributed by atoms with Gasteiger partial charge in [0.1, 0.15) is 5.75 Å². The molecule has 0 aliphatic heterocycles. The van der Waals surface area contributed by atoms with Gasteiger partial charge in [-0.05, 0) is 42.7 Å². The summed E-state index contributed by atoms with van der Waals surface area (Å²) in [5.41, 5.74) is 1.08. The first-order valence-corrected chi connectivity index (χ1v) is 8.81. The van der Waals surface area contributed by atoms with Crippen molar-refractivity contribution in [1.29, 1.82) is 0 Å². The van der Waals surface area contributed by atoms with Crippen LogP contribution in [0.15, 0.2) is 42.5 Å². The Hall–Kier alpha value is -2.69. The quantitative estimate of drug-likeness (QED) is 0.845. The Balaban J connectivity index is 1.96. The number of nitrogens with one attached hydrogen (secondary N) is 1.